The molecule has 0 aliphatic carbocycles. The predicted molar refractivity (Wildman–Crippen MR) is 104 cm³/mol. The average Bonchev–Trinajstić information content (AvgIpc) is 2.98. The minimum Gasteiger partial charge on any atom is -0.441 e. The van der Waals surface area contributed by atoms with Gasteiger partial charge in [-0.25, -0.2) is 4.79 Å². The number of hydrogen-bond donors (Lipinski definition) is 1. The summed E-state index contributed by atoms with van der Waals surface area (Å²) < 4.78 is 7.31. The number of nitrogens with zero attached hydrogens (tertiary/aromatic N) is 2. The van der Waals surface area contributed by atoms with Crippen molar-refractivity contribution in [1.29, 1.82) is 0 Å². The van der Waals surface area contributed by atoms with Gasteiger partial charge in [-0.05, 0) is 40.3 Å². The molecule has 2 N–H and O–H groups in total. The quantitative estimate of drug-likeness (QED) is 0.733. The zero-order valence-electron chi connectivity index (χ0n) is 15.7. The number of amides is 1. The third-order valence-electron chi connectivity index (χ3n) is 4.34. The molecule has 1 aromatic heterocycles. The fourth-order valence-electron chi connectivity index (χ4n) is 3.26. The Labute approximate surface area is 153 Å². The van der Waals surface area contributed by atoms with Gasteiger partial charge in [-0.2, -0.15) is 5.10 Å². The van der Waals surface area contributed by atoms with E-state index in [1.807, 2.05) is 31.6 Å². The highest BCUT2D eigenvalue weighted by molar-refractivity contribution is 5.90. The van der Waals surface area contributed by atoms with Gasteiger partial charge in [0.15, 0.2) is 0 Å². The van der Waals surface area contributed by atoms with Crippen LogP contribution >= 0.6 is 0 Å². The summed E-state index contributed by atoms with van der Waals surface area (Å²) in [4.78, 5) is 11.5. The second-order valence-electron chi connectivity index (χ2n) is 7.88. The van der Waals surface area contributed by atoms with Crippen LogP contribution in [0.2, 0.25) is 0 Å². The summed E-state index contributed by atoms with van der Waals surface area (Å²) >= 11 is 0. The molecule has 0 spiro atoms. The predicted octanol–water partition coefficient (Wildman–Crippen LogP) is 4.81. The number of hydrogen-bond acceptors (Lipinski definition) is 3. The molecule has 136 valence electrons. The van der Waals surface area contributed by atoms with Crippen LogP contribution in [0.4, 0.5) is 4.79 Å². The monoisotopic (exact) mass is 351 g/mol. The summed E-state index contributed by atoms with van der Waals surface area (Å²) in [5.74, 6) is 0. The lowest BCUT2D eigenvalue weighted by molar-refractivity contribution is 0.0798. The van der Waals surface area contributed by atoms with Crippen molar-refractivity contribution < 1.29 is 9.53 Å². The van der Waals surface area contributed by atoms with E-state index < -0.39 is 12.2 Å². The van der Waals surface area contributed by atoms with E-state index in [0.717, 1.165) is 27.5 Å². The number of aryl methyl sites for hydroxylation is 1. The van der Waals surface area contributed by atoms with Gasteiger partial charge < -0.3 is 10.5 Å². The standard InChI is InChI=1S/C21H25N3O2/c1-21(2,3)11-19(26-20(22)25)18-10-15(16-12-23-24(4)13-16)9-14-7-5-6-8-17(14)18/h5-10,12-13,19H,11H2,1-4H3,(H2,22,25). The van der Waals surface area contributed by atoms with Crippen molar-refractivity contribution in [2.24, 2.45) is 18.2 Å². The summed E-state index contributed by atoms with van der Waals surface area (Å²) in [6, 6.07) is 12.3. The first-order valence-corrected chi connectivity index (χ1v) is 8.71. The van der Waals surface area contributed by atoms with E-state index in [1.54, 1.807) is 4.68 Å². The number of benzene rings is 2. The van der Waals surface area contributed by atoms with Crippen LogP contribution in [0.15, 0.2) is 48.8 Å². The summed E-state index contributed by atoms with van der Waals surface area (Å²) in [6.07, 6.45) is 3.32. The number of rotatable bonds is 4. The summed E-state index contributed by atoms with van der Waals surface area (Å²) in [6.45, 7) is 6.37. The van der Waals surface area contributed by atoms with Gasteiger partial charge in [0, 0.05) is 24.4 Å². The molecule has 0 fully saturated rings. The van der Waals surface area contributed by atoms with E-state index in [-0.39, 0.29) is 5.41 Å². The van der Waals surface area contributed by atoms with Crippen molar-refractivity contribution in [3.63, 3.8) is 0 Å². The summed E-state index contributed by atoms with van der Waals surface area (Å²) in [7, 11) is 1.89. The minimum atomic E-state index is -0.755. The average molecular weight is 351 g/mol. The Morgan fingerprint density at radius 2 is 1.96 bits per heavy atom. The Hall–Kier alpha value is -2.82. The third-order valence-corrected chi connectivity index (χ3v) is 4.34. The first-order valence-electron chi connectivity index (χ1n) is 8.71. The second kappa shape index (κ2) is 6.83. The molecule has 3 aromatic rings. The summed E-state index contributed by atoms with van der Waals surface area (Å²) in [5, 5.41) is 6.43. The van der Waals surface area contributed by atoms with Gasteiger partial charge in [0.1, 0.15) is 6.10 Å². The van der Waals surface area contributed by atoms with Gasteiger partial charge >= 0.3 is 6.09 Å². The van der Waals surface area contributed by atoms with Crippen LogP contribution in [0.3, 0.4) is 0 Å². The van der Waals surface area contributed by atoms with Crippen molar-refractivity contribution in [1.82, 2.24) is 9.78 Å². The SMILES string of the molecule is Cn1cc(-c2cc(C(CC(C)(C)C)OC(N)=O)c3ccccc3c2)cn1. The Morgan fingerprint density at radius 1 is 1.23 bits per heavy atom. The van der Waals surface area contributed by atoms with Crippen molar-refractivity contribution in [3.8, 4) is 11.1 Å². The van der Waals surface area contributed by atoms with Crippen LogP contribution in [-0.2, 0) is 11.8 Å². The molecule has 1 unspecified atom stereocenters. The zero-order valence-corrected chi connectivity index (χ0v) is 15.7. The molecular formula is C21H25N3O2. The van der Waals surface area contributed by atoms with Gasteiger partial charge in [0.2, 0.25) is 0 Å². The molecular weight excluding hydrogens is 326 g/mol. The van der Waals surface area contributed by atoms with Gasteiger partial charge in [0.05, 0.1) is 6.20 Å². The number of carbonyl (C=O) groups is 1. The topological polar surface area (TPSA) is 70.1 Å². The Morgan fingerprint density at radius 3 is 2.58 bits per heavy atom. The number of primary amides is 1. The van der Waals surface area contributed by atoms with Crippen LogP contribution < -0.4 is 5.73 Å². The molecule has 0 saturated carbocycles. The molecule has 5 heteroatoms. The lowest BCUT2D eigenvalue weighted by Crippen LogP contribution is -2.21. The number of aromatic nitrogens is 2. The fourth-order valence-corrected chi connectivity index (χ4v) is 3.26. The summed E-state index contributed by atoms with van der Waals surface area (Å²) in [5.41, 5.74) is 8.38. The minimum absolute atomic E-state index is 0.0223. The Bertz CT molecular complexity index is 938. The zero-order chi connectivity index (χ0) is 18.9. The lowest BCUT2D eigenvalue weighted by atomic mass is 9.84. The highest BCUT2D eigenvalue weighted by Gasteiger charge is 2.25. The second-order valence-corrected chi connectivity index (χ2v) is 7.88. The largest absolute Gasteiger partial charge is 0.441 e. The maximum absolute atomic E-state index is 11.5. The fraction of sp³-hybridized carbons (Fsp3) is 0.333. The Kier molecular flexibility index (Phi) is 4.72. The number of fused-ring (bicyclic) bond motifs is 1. The van der Waals surface area contributed by atoms with Crippen LogP contribution in [0, 0.1) is 5.41 Å². The van der Waals surface area contributed by atoms with E-state index in [0.29, 0.717) is 6.42 Å². The molecule has 1 amide bonds. The highest BCUT2D eigenvalue weighted by atomic mass is 16.6. The molecule has 1 atom stereocenters. The van der Waals surface area contributed by atoms with E-state index in [9.17, 15) is 4.79 Å². The first-order chi connectivity index (χ1) is 12.2. The van der Waals surface area contributed by atoms with E-state index >= 15 is 0 Å². The molecule has 0 aliphatic heterocycles. The van der Waals surface area contributed by atoms with Gasteiger partial charge in [-0.1, -0.05) is 45.0 Å². The maximum atomic E-state index is 11.5. The normalized spacial score (nSPS) is 12.9. The molecule has 5 nitrogen and oxygen atoms in total. The van der Waals surface area contributed by atoms with Gasteiger partial charge in [-0.3, -0.25) is 4.68 Å². The molecule has 0 aliphatic rings. The molecule has 3 rings (SSSR count). The molecule has 26 heavy (non-hydrogen) atoms. The lowest BCUT2D eigenvalue weighted by Gasteiger charge is -2.27. The van der Waals surface area contributed by atoms with Crippen molar-refractivity contribution in [3.05, 3.63) is 54.4 Å². The number of ether oxygens (including phenoxy) is 1. The van der Waals surface area contributed by atoms with E-state index in [2.05, 4.69) is 50.1 Å². The van der Waals surface area contributed by atoms with Crippen molar-refractivity contribution in [2.45, 2.75) is 33.3 Å². The van der Waals surface area contributed by atoms with Crippen LogP contribution in [0.25, 0.3) is 21.9 Å². The van der Waals surface area contributed by atoms with Crippen molar-refractivity contribution in [2.75, 3.05) is 0 Å². The molecule has 2 aromatic carbocycles. The number of nitrogens with two attached hydrogens (primary N) is 1. The maximum Gasteiger partial charge on any atom is 0.405 e. The molecule has 0 bridgehead atoms. The third kappa shape index (κ3) is 4.04. The first kappa shape index (κ1) is 18.0. The Balaban J connectivity index is 2.19. The number of carbonyl (C=O) groups excluding carboxylic acids is 1. The van der Waals surface area contributed by atoms with Crippen LogP contribution in [-0.4, -0.2) is 15.9 Å². The highest BCUT2D eigenvalue weighted by Crippen LogP contribution is 2.38. The van der Waals surface area contributed by atoms with E-state index in [4.69, 9.17) is 10.5 Å². The molecule has 0 radical (unpaired) electrons. The van der Waals surface area contributed by atoms with Crippen LogP contribution in [0.5, 0.6) is 0 Å². The molecule has 1 heterocycles. The smallest absolute Gasteiger partial charge is 0.405 e. The van der Waals surface area contributed by atoms with Crippen molar-refractivity contribution >= 4 is 16.9 Å². The van der Waals surface area contributed by atoms with Crippen LogP contribution in [0.1, 0.15) is 38.9 Å². The molecule has 0 saturated heterocycles. The van der Waals surface area contributed by atoms with Gasteiger partial charge in [0.25, 0.3) is 0 Å². The van der Waals surface area contributed by atoms with E-state index in [1.165, 1.54) is 0 Å². The van der Waals surface area contributed by atoms with Gasteiger partial charge in [-0.15, -0.1) is 0 Å².